The first-order valence-corrected chi connectivity index (χ1v) is 5.84. The van der Waals surface area contributed by atoms with Crippen molar-refractivity contribution in [3.63, 3.8) is 0 Å². The zero-order valence-corrected chi connectivity index (χ0v) is 9.76. The summed E-state index contributed by atoms with van der Waals surface area (Å²) < 4.78 is 0. The maximum Gasteiger partial charge on any atom is 0.248 e. The number of aromatic nitrogens is 2. The Morgan fingerprint density at radius 3 is 2.72 bits per heavy atom. The summed E-state index contributed by atoms with van der Waals surface area (Å²) in [6, 6.07) is 17.2. The number of rotatable bonds is 2. The zero-order chi connectivity index (χ0) is 12.4. The van der Waals surface area contributed by atoms with Crippen LogP contribution >= 0.6 is 0 Å². The Labute approximate surface area is 104 Å². The number of hydrogen-bond acceptors (Lipinski definition) is 2. The van der Waals surface area contributed by atoms with Crippen molar-refractivity contribution in [1.82, 2.24) is 9.97 Å². The fraction of sp³-hybridized carbons (Fsp3) is 0.0667. The van der Waals surface area contributed by atoms with Crippen molar-refractivity contribution < 1.29 is 0 Å². The molecule has 0 radical (unpaired) electrons. The Morgan fingerprint density at radius 2 is 1.83 bits per heavy atom. The Kier molecular flexibility index (Phi) is 2.65. The largest absolute Gasteiger partial charge is 0.326 e. The highest BCUT2D eigenvalue weighted by Crippen LogP contribution is 2.13. The Bertz CT molecular complexity index is 746. The molecule has 0 atom stereocenters. The summed E-state index contributed by atoms with van der Waals surface area (Å²) in [4.78, 5) is 18.6. The average Bonchev–Trinajstić information content (AvgIpc) is 2.39. The van der Waals surface area contributed by atoms with E-state index in [4.69, 9.17) is 0 Å². The molecule has 0 aliphatic heterocycles. The first kappa shape index (κ1) is 10.7. The van der Waals surface area contributed by atoms with Gasteiger partial charge in [-0.05, 0) is 18.2 Å². The lowest BCUT2D eigenvalue weighted by Crippen LogP contribution is -2.07. The first-order valence-electron chi connectivity index (χ1n) is 5.84. The normalized spacial score (nSPS) is 10.7. The average molecular weight is 236 g/mol. The molecule has 0 aliphatic carbocycles. The zero-order valence-electron chi connectivity index (χ0n) is 9.76. The van der Waals surface area contributed by atoms with Gasteiger partial charge in [-0.15, -0.1) is 0 Å². The smallest absolute Gasteiger partial charge is 0.248 e. The van der Waals surface area contributed by atoms with Gasteiger partial charge in [0.15, 0.2) is 0 Å². The fourth-order valence-corrected chi connectivity index (χ4v) is 2.00. The number of benzene rings is 1. The SMILES string of the molecule is O=c1cccc(Cc2ccc3ccccc3n2)[nH]1. The molecule has 0 spiro atoms. The Hall–Kier alpha value is -2.42. The van der Waals surface area contributed by atoms with Gasteiger partial charge in [0.25, 0.3) is 0 Å². The lowest BCUT2D eigenvalue weighted by Gasteiger charge is -2.03. The van der Waals surface area contributed by atoms with Gasteiger partial charge in [-0.2, -0.15) is 0 Å². The molecule has 2 aromatic heterocycles. The highest BCUT2D eigenvalue weighted by atomic mass is 16.1. The van der Waals surface area contributed by atoms with Gasteiger partial charge in [0.05, 0.1) is 5.52 Å². The number of fused-ring (bicyclic) bond motifs is 1. The van der Waals surface area contributed by atoms with Crippen LogP contribution in [0.1, 0.15) is 11.4 Å². The van der Waals surface area contributed by atoms with E-state index in [0.717, 1.165) is 22.3 Å². The summed E-state index contributed by atoms with van der Waals surface area (Å²) in [5.41, 5.74) is 2.74. The van der Waals surface area contributed by atoms with Gasteiger partial charge in [-0.1, -0.05) is 30.3 Å². The minimum Gasteiger partial charge on any atom is -0.326 e. The molecule has 0 unspecified atom stereocenters. The van der Waals surface area contributed by atoms with Crippen molar-refractivity contribution >= 4 is 10.9 Å². The van der Waals surface area contributed by atoms with Crippen LogP contribution in [0.15, 0.2) is 59.4 Å². The molecule has 88 valence electrons. The maximum absolute atomic E-state index is 11.2. The van der Waals surface area contributed by atoms with Crippen LogP contribution < -0.4 is 5.56 Å². The second-order valence-electron chi connectivity index (χ2n) is 4.21. The molecule has 3 aromatic rings. The second-order valence-corrected chi connectivity index (χ2v) is 4.21. The molecule has 3 nitrogen and oxygen atoms in total. The van der Waals surface area contributed by atoms with Crippen LogP contribution in [0.5, 0.6) is 0 Å². The number of hydrogen-bond donors (Lipinski definition) is 1. The summed E-state index contributed by atoms with van der Waals surface area (Å²) in [6.07, 6.45) is 0.640. The molecular weight excluding hydrogens is 224 g/mol. The third kappa shape index (κ3) is 2.15. The van der Waals surface area contributed by atoms with Gasteiger partial charge < -0.3 is 4.98 Å². The minimum absolute atomic E-state index is 0.0757. The number of pyridine rings is 2. The Morgan fingerprint density at radius 1 is 0.944 bits per heavy atom. The van der Waals surface area contributed by atoms with E-state index < -0.39 is 0 Å². The van der Waals surface area contributed by atoms with Crippen molar-refractivity contribution in [2.24, 2.45) is 0 Å². The molecule has 1 aromatic carbocycles. The molecular formula is C15H12N2O. The Balaban J connectivity index is 1.97. The highest BCUT2D eigenvalue weighted by Gasteiger charge is 2.00. The third-order valence-corrected chi connectivity index (χ3v) is 2.86. The van der Waals surface area contributed by atoms with E-state index in [1.807, 2.05) is 36.4 Å². The molecule has 0 bridgehead atoms. The predicted octanol–water partition coefficient (Wildman–Crippen LogP) is 2.51. The van der Waals surface area contributed by atoms with Gasteiger partial charge in [0.1, 0.15) is 0 Å². The molecule has 0 saturated carbocycles. The summed E-state index contributed by atoms with van der Waals surface area (Å²) >= 11 is 0. The van der Waals surface area contributed by atoms with Crippen molar-refractivity contribution in [3.8, 4) is 0 Å². The number of H-pyrrole nitrogens is 1. The van der Waals surface area contributed by atoms with E-state index in [1.165, 1.54) is 6.07 Å². The summed E-state index contributed by atoms with van der Waals surface area (Å²) in [5, 5.41) is 1.13. The third-order valence-electron chi connectivity index (χ3n) is 2.86. The van der Waals surface area contributed by atoms with Gasteiger partial charge in [0.2, 0.25) is 5.56 Å². The fourth-order valence-electron chi connectivity index (χ4n) is 2.00. The molecule has 2 heterocycles. The molecule has 0 aliphatic rings. The van der Waals surface area contributed by atoms with E-state index in [-0.39, 0.29) is 5.56 Å². The molecule has 0 amide bonds. The van der Waals surface area contributed by atoms with E-state index in [9.17, 15) is 4.79 Å². The monoisotopic (exact) mass is 236 g/mol. The standard InChI is InChI=1S/C15H12N2O/c18-15-7-3-5-12(17-15)10-13-9-8-11-4-1-2-6-14(11)16-13/h1-9H,10H2,(H,17,18). The van der Waals surface area contributed by atoms with Gasteiger partial charge in [-0.3, -0.25) is 9.78 Å². The lowest BCUT2D eigenvalue weighted by atomic mass is 10.1. The minimum atomic E-state index is -0.0757. The van der Waals surface area contributed by atoms with Crippen LogP contribution in [0, 0.1) is 0 Å². The highest BCUT2D eigenvalue weighted by molar-refractivity contribution is 5.78. The quantitative estimate of drug-likeness (QED) is 0.743. The number of nitrogens with one attached hydrogen (secondary N) is 1. The molecule has 3 rings (SSSR count). The molecule has 1 N–H and O–H groups in total. The van der Waals surface area contributed by atoms with Crippen LogP contribution in [0.4, 0.5) is 0 Å². The van der Waals surface area contributed by atoms with E-state index in [2.05, 4.69) is 16.0 Å². The van der Waals surface area contributed by atoms with Crippen LogP contribution in [0.3, 0.4) is 0 Å². The van der Waals surface area contributed by atoms with Gasteiger partial charge in [0, 0.05) is 29.3 Å². The van der Waals surface area contributed by atoms with Crippen molar-refractivity contribution in [2.75, 3.05) is 0 Å². The molecule has 18 heavy (non-hydrogen) atoms. The number of aromatic amines is 1. The predicted molar refractivity (Wildman–Crippen MR) is 71.6 cm³/mol. The molecule has 0 saturated heterocycles. The van der Waals surface area contributed by atoms with E-state index in [0.29, 0.717) is 6.42 Å². The van der Waals surface area contributed by atoms with E-state index >= 15 is 0 Å². The topological polar surface area (TPSA) is 45.8 Å². The second kappa shape index (κ2) is 4.45. The number of nitrogens with zero attached hydrogens (tertiary/aromatic N) is 1. The summed E-state index contributed by atoms with van der Waals surface area (Å²) in [5.74, 6) is 0. The maximum atomic E-state index is 11.2. The first-order chi connectivity index (χ1) is 8.81. The van der Waals surface area contributed by atoms with Crippen molar-refractivity contribution in [2.45, 2.75) is 6.42 Å². The van der Waals surface area contributed by atoms with Crippen LogP contribution in [-0.4, -0.2) is 9.97 Å². The van der Waals surface area contributed by atoms with Crippen molar-refractivity contribution in [1.29, 1.82) is 0 Å². The van der Waals surface area contributed by atoms with Crippen molar-refractivity contribution in [3.05, 3.63) is 76.3 Å². The lowest BCUT2D eigenvalue weighted by molar-refractivity contribution is 1.01. The van der Waals surface area contributed by atoms with E-state index in [1.54, 1.807) is 6.07 Å². The summed E-state index contributed by atoms with van der Waals surface area (Å²) in [7, 11) is 0. The molecule has 3 heteroatoms. The van der Waals surface area contributed by atoms with Crippen LogP contribution in [0.25, 0.3) is 10.9 Å². The van der Waals surface area contributed by atoms with Gasteiger partial charge >= 0.3 is 0 Å². The summed E-state index contributed by atoms with van der Waals surface area (Å²) in [6.45, 7) is 0. The van der Waals surface area contributed by atoms with Gasteiger partial charge in [-0.25, -0.2) is 0 Å². The van der Waals surface area contributed by atoms with Crippen LogP contribution in [-0.2, 0) is 6.42 Å². The number of para-hydroxylation sites is 1. The molecule has 0 fully saturated rings. The van der Waals surface area contributed by atoms with Crippen LogP contribution in [0.2, 0.25) is 0 Å².